The van der Waals surface area contributed by atoms with Gasteiger partial charge in [0.05, 0.1) is 19.9 Å². The lowest BCUT2D eigenvalue weighted by atomic mass is 10.2. The van der Waals surface area contributed by atoms with Crippen molar-refractivity contribution in [2.24, 2.45) is 0 Å². The zero-order valence-corrected chi connectivity index (χ0v) is 12.4. The van der Waals surface area contributed by atoms with Crippen molar-refractivity contribution < 1.29 is 9.13 Å². The number of nitrogens with zero attached hydrogens (tertiary/aromatic N) is 2. The predicted molar refractivity (Wildman–Crippen MR) is 80.5 cm³/mol. The molecule has 1 aromatic carbocycles. The number of methoxy groups -OCH3 is 1. The van der Waals surface area contributed by atoms with Crippen LogP contribution in [0.15, 0.2) is 30.5 Å². The second-order valence-corrected chi connectivity index (χ2v) is 4.29. The summed E-state index contributed by atoms with van der Waals surface area (Å²) >= 11 is 0. The molecule has 0 saturated carbocycles. The molecule has 0 unspecified atom stereocenters. The van der Waals surface area contributed by atoms with Crippen LogP contribution < -0.4 is 10.1 Å². The lowest BCUT2D eigenvalue weighted by molar-refractivity contribution is 0.414. The van der Waals surface area contributed by atoms with Crippen molar-refractivity contribution in [3.8, 4) is 5.75 Å². The van der Waals surface area contributed by atoms with Gasteiger partial charge in [-0.25, -0.2) is 9.07 Å². The average molecular weight is 300 g/mol. The number of hydrogen-bond donors (Lipinski definition) is 1. The Bertz CT molecular complexity index is 528. The van der Waals surface area contributed by atoms with Crippen molar-refractivity contribution in [1.29, 1.82) is 0 Å². The number of ether oxygens (including phenoxy) is 1. The molecule has 0 aliphatic carbocycles. The van der Waals surface area contributed by atoms with E-state index in [0.29, 0.717) is 6.54 Å². The summed E-state index contributed by atoms with van der Waals surface area (Å²) in [5, 5.41) is 7.43. The van der Waals surface area contributed by atoms with E-state index in [2.05, 4.69) is 10.4 Å². The monoisotopic (exact) mass is 299 g/mol. The molecular formula is C14H19ClFN3O. The molecule has 1 heterocycles. The summed E-state index contributed by atoms with van der Waals surface area (Å²) in [6, 6.07) is 7.83. The summed E-state index contributed by atoms with van der Waals surface area (Å²) in [6.45, 7) is 2.48. The number of anilines is 1. The van der Waals surface area contributed by atoms with E-state index >= 15 is 0 Å². The van der Waals surface area contributed by atoms with Gasteiger partial charge in [0.1, 0.15) is 18.2 Å². The van der Waals surface area contributed by atoms with Gasteiger partial charge in [-0.05, 0) is 24.6 Å². The van der Waals surface area contributed by atoms with Gasteiger partial charge in [0.2, 0.25) is 0 Å². The molecule has 2 rings (SSSR count). The molecule has 0 fully saturated rings. The fourth-order valence-corrected chi connectivity index (χ4v) is 1.89. The quantitative estimate of drug-likeness (QED) is 0.890. The lowest BCUT2D eigenvalue weighted by Gasteiger charge is -2.10. The third-order valence-electron chi connectivity index (χ3n) is 2.94. The Hall–Kier alpha value is -1.75. The molecule has 2 aromatic rings. The second kappa shape index (κ2) is 7.75. The third-order valence-corrected chi connectivity index (χ3v) is 2.94. The van der Waals surface area contributed by atoms with Crippen LogP contribution in [0.3, 0.4) is 0 Å². The van der Waals surface area contributed by atoms with Gasteiger partial charge in [0, 0.05) is 12.1 Å². The minimum atomic E-state index is -0.418. The van der Waals surface area contributed by atoms with E-state index < -0.39 is 6.67 Å². The van der Waals surface area contributed by atoms with Crippen LogP contribution in [0.5, 0.6) is 5.75 Å². The number of hydrogen-bond acceptors (Lipinski definition) is 3. The SMILES string of the molecule is COc1ccc(CNc2c(C)cnn2CCF)cc1.Cl. The minimum Gasteiger partial charge on any atom is -0.497 e. The first kappa shape index (κ1) is 16.3. The van der Waals surface area contributed by atoms with Gasteiger partial charge in [-0.1, -0.05) is 12.1 Å². The van der Waals surface area contributed by atoms with E-state index in [1.54, 1.807) is 18.0 Å². The molecule has 0 amide bonds. The molecule has 1 aromatic heterocycles. The summed E-state index contributed by atoms with van der Waals surface area (Å²) in [7, 11) is 1.64. The van der Waals surface area contributed by atoms with Gasteiger partial charge in [0.15, 0.2) is 0 Å². The molecule has 20 heavy (non-hydrogen) atoms. The van der Waals surface area contributed by atoms with E-state index in [9.17, 15) is 4.39 Å². The average Bonchev–Trinajstić information content (AvgIpc) is 2.78. The van der Waals surface area contributed by atoms with Crippen LogP contribution in [0.1, 0.15) is 11.1 Å². The Labute approximate surface area is 124 Å². The molecule has 0 aliphatic heterocycles. The number of halogens is 2. The van der Waals surface area contributed by atoms with Crippen molar-refractivity contribution in [2.75, 3.05) is 19.1 Å². The maximum absolute atomic E-state index is 12.4. The van der Waals surface area contributed by atoms with Crippen molar-refractivity contribution >= 4 is 18.2 Å². The highest BCUT2D eigenvalue weighted by Crippen LogP contribution is 2.16. The van der Waals surface area contributed by atoms with E-state index in [1.807, 2.05) is 31.2 Å². The molecule has 4 nitrogen and oxygen atoms in total. The first-order valence-electron chi connectivity index (χ1n) is 6.19. The van der Waals surface area contributed by atoms with Crippen LogP contribution >= 0.6 is 12.4 Å². The molecule has 0 saturated heterocycles. The molecule has 0 spiro atoms. The Morgan fingerprint density at radius 3 is 2.60 bits per heavy atom. The summed E-state index contributed by atoms with van der Waals surface area (Å²) in [4.78, 5) is 0. The van der Waals surface area contributed by atoms with Crippen molar-refractivity contribution in [2.45, 2.75) is 20.0 Å². The van der Waals surface area contributed by atoms with Gasteiger partial charge in [-0.3, -0.25) is 0 Å². The fourth-order valence-electron chi connectivity index (χ4n) is 1.89. The van der Waals surface area contributed by atoms with Crippen molar-refractivity contribution in [1.82, 2.24) is 9.78 Å². The molecule has 110 valence electrons. The highest BCUT2D eigenvalue weighted by atomic mass is 35.5. The number of benzene rings is 1. The highest BCUT2D eigenvalue weighted by Gasteiger charge is 2.06. The van der Waals surface area contributed by atoms with E-state index in [-0.39, 0.29) is 19.0 Å². The Morgan fingerprint density at radius 1 is 1.30 bits per heavy atom. The number of nitrogens with one attached hydrogen (secondary N) is 1. The lowest BCUT2D eigenvalue weighted by Crippen LogP contribution is -2.09. The Kier molecular flexibility index (Phi) is 6.31. The molecule has 0 radical (unpaired) electrons. The van der Waals surface area contributed by atoms with E-state index in [1.165, 1.54) is 0 Å². The van der Waals surface area contributed by atoms with Crippen LogP contribution in [-0.2, 0) is 13.1 Å². The maximum atomic E-state index is 12.4. The number of aryl methyl sites for hydroxylation is 2. The Balaban J connectivity index is 0.00000200. The minimum absolute atomic E-state index is 0. The van der Waals surface area contributed by atoms with Crippen LogP contribution in [0.25, 0.3) is 0 Å². The fraction of sp³-hybridized carbons (Fsp3) is 0.357. The first-order valence-corrected chi connectivity index (χ1v) is 6.19. The van der Waals surface area contributed by atoms with Crippen LogP contribution in [0.4, 0.5) is 10.2 Å². The summed E-state index contributed by atoms with van der Waals surface area (Å²) in [5.41, 5.74) is 2.15. The predicted octanol–water partition coefficient (Wildman–Crippen LogP) is 3.20. The second-order valence-electron chi connectivity index (χ2n) is 4.29. The standard InChI is InChI=1S/C14H18FN3O.ClH/c1-11-9-17-18(8-7-15)14(11)16-10-12-3-5-13(19-2)6-4-12;/h3-6,9,16H,7-8,10H2,1-2H3;1H. The molecule has 0 aliphatic rings. The molecule has 1 N–H and O–H groups in total. The first-order chi connectivity index (χ1) is 9.24. The smallest absolute Gasteiger partial charge is 0.127 e. The van der Waals surface area contributed by atoms with Crippen molar-refractivity contribution in [3.05, 3.63) is 41.6 Å². The maximum Gasteiger partial charge on any atom is 0.127 e. The van der Waals surface area contributed by atoms with Gasteiger partial charge in [-0.2, -0.15) is 5.10 Å². The topological polar surface area (TPSA) is 39.1 Å². The van der Waals surface area contributed by atoms with Gasteiger partial charge < -0.3 is 10.1 Å². The highest BCUT2D eigenvalue weighted by molar-refractivity contribution is 5.85. The van der Waals surface area contributed by atoms with Crippen LogP contribution in [-0.4, -0.2) is 23.6 Å². The van der Waals surface area contributed by atoms with Gasteiger partial charge in [0.25, 0.3) is 0 Å². The molecule has 0 atom stereocenters. The normalized spacial score (nSPS) is 9.95. The van der Waals surface area contributed by atoms with Crippen molar-refractivity contribution in [3.63, 3.8) is 0 Å². The van der Waals surface area contributed by atoms with E-state index in [4.69, 9.17) is 4.74 Å². The summed E-state index contributed by atoms with van der Waals surface area (Å²) in [5.74, 6) is 1.70. The van der Waals surface area contributed by atoms with E-state index in [0.717, 1.165) is 22.7 Å². The number of aromatic nitrogens is 2. The van der Waals surface area contributed by atoms with Gasteiger partial charge >= 0.3 is 0 Å². The number of alkyl halides is 1. The number of rotatable bonds is 6. The van der Waals surface area contributed by atoms with Crippen LogP contribution in [0, 0.1) is 6.92 Å². The van der Waals surface area contributed by atoms with Gasteiger partial charge in [-0.15, -0.1) is 12.4 Å². The zero-order chi connectivity index (χ0) is 13.7. The largest absolute Gasteiger partial charge is 0.497 e. The molecule has 6 heteroatoms. The molecular weight excluding hydrogens is 281 g/mol. The Morgan fingerprint density at radius 2 is 2.00 bits per heavy atom. The summed E-state index contributed by atoms with van der Waals surface area (Å²) in [6.07, 6.45) is 1.74. The summed E-state index contributed by atoms with van der Waals surface area (Å²) < 4.78 is 19.2. The zero-order valence-electron chi connectivity index (χ0n) is 11.6. The third kappa shape index (κ3) is 3.87. The van der Waals surface area contributed by atoms with Crippen LogP contribution in [0.2, 0.25) is 0 Å². The molecule has 0 bridgehead atoms.